The lowest BCUT2D eigenvalue weighted by molar-refractivity contribution is -0.137. The van der Waals surface area contributed by atoms with Crippen LogP contribution in [-0.4, -0.2) is 6.54 Å². The van der Waals surface area contributed by atoms with Crippen LogP contribution in [0.3, 0.4) is 0 Å². The van der Waals surface area contributed by atoms with Gasteiger partial charge in [0.1, 0.15) is 0 Å². The van der Waals surface area contributed by atoms with Crippen LogP contribution in [0.5, 0.6) is 0 Å². The summed E-state index contributed by atoms with van der Waals surface area (Å²) in [5.74, 6) is 0. The monoisotopic (exact) mass is 265 g/mol. The first kappa shape index (κ1) is 13.5. The Kier molecular flexibility index (Phi) is 4.10. The Bertz CT molecular complexity index is 503. The van der Waals surface area contributed by atoms with E-state index in [1.807, 2.05) is 30.3 Å². The maximum absolute atomic E-state index is 12.4. The molecule has 2 rings (SSSR count). The van der Waals surface area contributed by atoms with E-state index in [1.54, 1.807) is 0 Å². The van der Waals surface area contributed by atoms with Gasteiger partial charge < -0.3 is 5.32 Å². The summed E-state index contributed by atoms with van der Waals surface area (Å²) < 4.78 is 37.1. The van der Waals surface area contributed by atoms with Crippen LogP contribution in [0.4, 0.5) is 18.9 Å². The van der Waals surface area contributed by atoms with E-state index in [4.69, 9.17) is 0 Å². The minimum atomic E-state index is -4.26. The van der Waals surface area contributed by atoms with Crippen LogP contribution >= 0.6 is 0 Å². The normalized spacial score (nSPS) is 11.3. The molecule has 1 nitrogen and oxygen atoms in total. The number of nitrogens with one attached hydrogen (secondary N) is 1. The molecule has 100 valence electrons. The van der Waals surface area contributed by atoms with Gasteiger partial charge in [0.25, 0.3) is 0 Å². The van der Waals surface area contributed by atoms with Crippen molar-refractivity contribution in [1.29, 1.82) is 0 Å². The lowest BCUT2D eigenvalue weighted by atomic mass is 10.1. The van der Waals surface area contributed by atoms with Crippen molar-refractivity contribution < 1.29 is 13.2 Å². The highest BCUT2D eigenvalue weighted by atomic mass is 19.4. The van der Waals surface area contributed by atoms with E-state index in [1.165, 1.54) is 12.1 Å². The number of rotatable bonds is 4. The highest BCUT2D eigenvalue weighted by Gasteiger charge is 2.29. The van der Waals surface area contributed by atoms with Crippen molar-refractivity contribution in [3.63, 3.8) is 0 Å². The zero-order valence-electron chi connectivity index (χ0n) is 10.2. The molecule has 1 N–H and O–H groups in total. The van der Waals surface area contributed by atoms with Crippen molar-refractivity contribution in [2.75, 3.05) is 11.9 Å². The first-order valence-corrected chi connectivity index (χ1v) is 6.01. The standard InChI is InChI=1S/C15H14F3N/c16-15(17,18)13-8-6-12(7-9-13)10-11-19-14-4-2-1-3-5-14/h1-9,19H,10-11H2. The lowest BCUT2D eigenvalue weighted by Gasteiger charge is -2.08. The molecule has 0 aliphatic heterocycles. The summed E-state index contributed by atoms with van der Waals surface area (Å²) in [6.07, 6.45) is -3.58. The lowest BCUT2D eigenvalue weighted by Crippen LogP contribution is -2.07. The van der Waals surface area contributed by atoms with E-state index in [-0.39, 0.29) is 0 Å². The molecule has 19 heavy (non-hydrogen) atoms. The van der Waals surface area contributed by atoms with Gasteiger partial charge in [0.05, 0.1) is 5.56 Å². The van der Waals surface area contributed by atoms with E-state index >= 15 is 0 Å². The molecule has 0 aromatic heterocycles. The molecule has 2 aromatic carbocycles. The third kappa shape index (κ3) is 4.02. The Hall–Kier alpha value is -1.97. The molecular formula is C15H14F3N. The molecule has 0 unspecified atom stereocenters. The predicted octanol–water partition coefficient (Wildman–Crippen LogP) is 4.36. The zero-order valence-corrected chi connectivity index (χ0v) is 10.2. The number of halogens is 3. The summed E-state index contributed by atoms with van der Waals surface area (Å²) in [4.78, 5) is 0. The van der Waals surface area contributed by atoms with Gasteiger partial charge in [0, 0.05) is 12.2 Å². The third-order valence-electron chi connectivity index (χ3n) is 2.80. The number of hydrogen-bond acceptors (Lipinski definition) is 1. The van der Waals surface area contributed by atoms with Gasteiger partial charge in [-0.15, -0.1) is 0 Å². The van der Waals surface area contributed by atoms with Gasteiger partial charge in [-0.25, -0.2) is 0 Å². The zero-order chi connectivity index (χ0) is 13.7. The number of para-hydroxylation sites is 1. The Balaban J connectivity index is 1.87. The van der Waals surface area contributed by atoms with Crippen LogP contribution < -0.4 is 5.32 Å². The maximum Gasteiger partial charge on any atom is 0.416 e. The molecule has 0 atom stereocenters. The predicted molar refractivity (Wildman–Crippen MR) is 70.1 cm³/mol. The van der Waals surface area contributed by atoms with Crippen molar-refractivity contribution in [3.05, 3.63) is 65.7 Å². The van der Waals surface area contributed by atoms with Gasteiger partial charge in [0.2, 0.25) is 0 Å². The number of hydrogen-bond donors (Lipinski definition) is 1. The van der Waals surface area contributed by atoms with Crippen LogP contribution in [0.2, 0.25) is 0 Å². The quantitative estimate of drug-likeness (QED) is 0.866. The smallest absolute Gasteiger partial charge is 0.385 e. The second kappa shape index (κ2) is 5.78. The van der Waals surface area contributed by atoms with Gasteiger partial charge in [-0.1, -0.05) is 30.3 Å². The van der Waals surface area contributed by atoms with Crippen LogP contribution in [0.25, 0.3) is 0 Å². The summed E-state index contributed by atoms with van der Waals surface area (Å²) in [6.45, 7) is 0.690. The van der Waals surface area contributed by atoms with Gasteiger partial charge in [-0.3, -0.25) is 0 Å². The fraction of sp³-hybridized carbons (Fsp3) is 0.200. The van der Waals surface area contributed by atoms with E-state index in [0.717, 1.165) is 23.4 Å². The van der Waals surface area contributed by atoms with Gasteiger partial charge in [-0.05, 0) is 36.2 Å². The van der Waals surface area contributed by atoms with Crippen LogP contribution in [0, 0.1) is 0 Å². The number of alkyl halides is 3. The van der Waals surface area contributed by atoms with Crippen LogP contribution in [0.15, 0.2) is 54.6 Å². The van der Waals surface area contributed by atoms with E-state index < -0.39 is 11.7 Å². The fourth-order valence-electron chi connectivity index (χ4n) is 1.77. The van der Waals surface area contributed by atoms with Crippen LogP contribution in [0.1, 0.15) is 11.1 Å². The molecule has 0 saturated carbocycles. The van der Waals surface area contributed by atoms with Crippen molar-refractivity contribution >= 4 is 5.69 Å². The minimum absolute atomic E-state index is 0.604. The van der Waals surface area contributed by atoms with Gasteiger partial charge in [0.15, 0.2) is 0 Å². The molecule has 0 bridgehead atoms. The highest BCUT2D eigenvalue weighted by Crippen LogP contribution is 2.29. The van der Waals surface area contributed by atoms with Crippen LogP contribution in [-0.2, 0) is 12.6 Å². The Morgan fingerprint density at radius 3 is 2.05 bits per heavy atom. The second-order valence-corrected chi connectivity index (χ2v) is 4.24. The van der Waals surface area contributed by atoms with Crippen molar-refractivity contribution in [2.45, 2.75) is 12.6 Å². The highest BCUT2D eigenvalue weighted by molar-refractivity contribution is 5.42. The molecule has 0 amide bonds. The first-order chi connectivity index (χ1) is 9.05. The van der Waals surface area contributed by atoms with Gasteiger partial charge >= 0.3 is 6.18 Å². The van der Waals surface area contributed by atoms with Crippen molar-refractivity contribution in [2.24, 2.45) is 0 Å². The molecule has 0 fully saturated rings. The topological polar surface area (TPSA) is 12.0 Å². The van der Waals surface area contributed by atoms with Crippen molar-refractivity contribution in [1.82, 2.24) is 0 Å². The molecule has 0 spiro atoms. The molecular weight excluding hydrogens is 251 g/mol. The molecule has 4 heteroatoms. The molecule has 2 aromatic rings. The summed E-state index contributed by atoms with van der Waals surface area (Å²) >= 11 is 0. The summed E-state index contributed by atoms with van der Waals surface area (Å²) in [5, 5.41) is 3.22. The van der Waals surface area contributed by atoms with E-state index in [9.17, 15) is 13.2 Å². The summed E-state index contributed by atoms with van der Waals surface area (Å²) in [6, 6.07) is 15.0. The van der Waals surface area contributed by atoms with E-state index in [0.29, 0.717) is 13.0 Å². The van der Waals surface area contributed by atoms with E-state index in [2.05, 4.69) is 5.32 Å². The Morgan fingerprint density at radius 1 is 0.842 bits per heavy atom. The molecule has 0 aliphatic carbocycles. The average Bonchev–Trinajstić information content (AvgIpc) is 2.39. The first-order valence-electron chi connectivity index (χ1n) is 6.01. The molecule has 0 radical (unpaired) electrons. The largest absolute Gasteiger partial charge is 0.416 e. The van der Waals surface area contributed by atoms with Gasteiger partial charge in [-0.2, -0.15) is 13.2 Å². The second-order valence-electron chi connectivity index (χ2n) is 4.24. The molecule has 0 aliphatic rings. The Labute approximate surface area is 110 Å². The number of benzene rings is 2. The maximum atomic E-state index is 12.4. The molecule has 0 heterocycles. The average molecular weight is 265 g/mol. The fourth-order valence-corrected chi connectivity index (χ4v) is 1.77. The Morgan fingerprint density at radius 2 is 1.47 bits per heavy atom. The SMILES string of the molecule is FC(F)(F)c1ccc(CCNc2ccccc2)cc1. The summed E-state index contributed by atoms with van der Waals surface area (Å²) in [5.41, 5.74) is 1.29. The summed E-state index contributed by atoms with van der Waals surface area (Å²) in [7, 11) is 0. The third-order valence-corrected chi connectivity index (χ3v) is 2.80. The molecule has 0 saturated heterocycles. The minimum Gasteiger partial charge on any atom is -0.385 e. The number of anilines is 1. The van der Waals surface area contributed by atoms with Crippen molar-refractivity contribution in [3.8, 4) is 0 Å².